The van der Waals surface area contributed by atoms with Crippen LogP contribution in [0.5, 0.6) is 0 Å². The topological polar surface area (TPSA) is 26.7 Å². The van der Waals surface area contributed by atoms with E-state index in [9.17, 15) is 0 Å². The molecule has 1 aliphatic heterocycles. The average molecular weight is 306 g/mol. The van der Waals surface area contributed by atoms with Crippen LogP contribution in [0.3, 0.4) is 0 Å². The zero-order valence-electron chi connectivity index (χ0n) is 13.1. The maximum absolute atomic E-state index is 8.74. The Morgan fingerprint density at radius 1 is 1.43 bits per heavy atom. The molecular formula is C17H26N2OS. The Hall–Kier alpha value is -0.860. The molecule has 1 fully saturated rings. The lowest BCUT2D eigenvalue weighted by Gasteiger charge is -2.36. The predicted octanol–water partition coefficient (Wildman–Crippen LogP) is 2.40. The minimum absolute atomic E-state index is 0.142. The molecule has 0 atom stereocenters. The third kappa shape index (κ3) is 5.12. The van der Waals surface area contributed by atoms with E-state index in [1.807, 2.05) is 0 Å². The van der Waals surface area contributed by atoms with Crippen molar-refractivity contribution < 1.29 is 5.11 Å². The third-order valence-electron chi connectivity index (χ3n) is 4.16. The quantitative estimate of drug-likeness (QED) is 0.846. The lowest BCUT2D eigenvalue weighted by atomic mass is 10.0. The smallest absolute Gasteiger partial charge is 0.0540 e. The fourth-order valence-corrected chi connectivity index (χ4v) is 3.68. The van der Waals surface area contributed by atoms with Gasteiger partial charge in [0.2, 0.25) is 0 Å². The highest BCUT2D eigenvalue weighted by Crippen LogP contribution is 2.20. The molecule has 1 aromatic heterocycles. The number of hydrogen-bond acceptors (Lipinski definition) is 4. The van der Waals surface area contributed by atoms with Crippen molar-refractivity contribution in [3.05, 3.63) is 21.9 Å². The molecule has 0 unspecified atom stereocenters. The number of hydrogen-bond donors (Lipinski definition) is 1. The average Bonchev–Trinajstić information content (AvgIpc) is 2.95. The van der Waals surface area contributed by atoms with Crippen LogP contribution >= 0.6 is 11.3 Å². The Kier molecular flexibility index (Phi) is 6.72. The minimum atomic E-state index is 0.142. The summed E-state index contributed by atoms with van der Waals surface area (Å²) in [5, 5.41) is 10.9. The van der Waals surface area contributed by atoms with Crippen LogP contribution in [-0.4, -0.2) is 54.2 Å². The van der Waals surface area contributed by atoms with Crippen LogP contribution in [0, 0.1) is 11.8 Å². The third-order valence-corrected chi connectivity index (χ3v) is 5.08. The Morgan fingerprint density at radius 2 is 2.19 bits per heavy atom. The molecule has 4 heteroatoms. The summed E-state index contributed by atoms with van der Waals surface area (Å²) in [7, 11) is 2.24. The highest BCUT2D eigenvalue weighted by Gasteiger charge is 2.21. The van der Waals surface area contributed by atoms with E-state index < -0.39 is 0 Å². The second-order valence-electron chi connectivity index (χ2n) is 5.66. The number of aliphatic hydroxyl groups excluding tert-OH is 1. The number of likely N-dealkylation sites (tertiary alicyclic amines) is 1. The molecule has 1 aliphatic rings. The fourth-order valence-electron chi connectivity index (χ4n) is 2.80. The normalized spacial score (nSPS) is 17.0. The molecule has 0 saturated carbocycles. The second-order valence-corrected chi connectivity index (χ2v) is 6.65. The molecule has 2 rings (SSSR count). The summed E-state index contributed by atoms with van der Waals surface area (Å²) in [5.41, 5.74) is 1.08. The lowest BCUT2D eigenvalue weighted by Crippen LogP contribution is -2.42. The van der Waals surface area contributed by atoms with Gasteiger partial charge in [-0.2, -0.15) is 0 Å². The van der Waals surface area contributed by atoms with E-state index in [-0.39, 0.29) is 6.61 Å². The molecule has 1 N–H and O–H groups in total. The van der Waals surface area contributed by atoms with Crippen molar-refractivity contribution in [1.82, 2.24) is 9.80 Å². The monoisotopic (exact) mass is 306 g/mol. The number of piperidine rings is 1. The predicted molar refractivity (Wildman–Crippen MR) is 89.5 cm³/mol. The Bertz CT molecular complexity index is 480. The van der Waals surface area contributed by atoms with Crippen LogP contribution in [0.25, 0.3) is 0 Å². The van der Waals surface area contributed by atoms with E-state index in [1.54, 1.807) is 11.3 Å². The van der Waals surface area contributed by atoms with Gasteiger partial charge < -0.3 is 10.0 Å². The minimum Gasteiger partial charge on any atom is -0.395 e. The largest absolute Gasteiger partial charge is 0.395 e. The summed E-state index contributed by atoms with van der Waals surface area (Å²) in [6.45, 7) is 7.04. The molecule has 0 bridgehead atoms. The Morgan fingerprint density at radius 3 is 2.86 bits per heavy atom. The van der Waals surface area contributed by atoms with Crippen LogP contribution < -0.4 is 0 Å². The summed E-state index contributed by atoms with van der Waals surface area (Å²) in [6.07, 6.45) is 3.11. The maximum Gasteiger partial charge on any atom is 0.0540 e. The molecule has 1 saturated heterocycles. The molecule has 0 aromatic carbocycles. The summed E-state index contributed by atoms with van der Waals surface area (Å²) >= 11 is 1.79. The molecule has 0 spiro atoms. The van der Waals surface area contributed by atoms with Crippen molar-refractivity contribution in [3.63, 3.8) is 0 Å². The van der Waals surface area contributed by atoms with Crippen LogP contribution in [0.2, 0.25) is 0 Å². The van der Waals surface area contributed by atoms with Gasteiger partial charge in [-0.05, 0) is 45.6 Å². The van der Waals surface area contributed by atoms with Gasteiger partial charge in [0, 0.05) is 34.8 Å². The van der Waals surface area contributed by atoms with E-state index in [2.05, 4.69) is 47.1 Å². The van der Waals surface area contributed by atoms with Gasteiger partial charge in [0.05, 0.1) is 6.61 Å². The van der Waals surface area contributed by atoms with Crippen molar-refractivity contribution in [1.29, 1.82) is 0 Å². The first kappa shape index (κ1) is 16.5. The van der Waals surface area contributed by atoms with Crippen molar-refractivity contribution in [2.24, 2.45) is 0 Å². The van der Waals surface area contributed by atoms with Gasteiger partial charge in [-0.1, -0.05) is 18.8 Å². The molecule has 3 nitrogen and oxygen atoms in total. The van der Waals surface area contributed by atoms with Gasteiger partial charge in [-0.25, -0.2) is 0 Å². The second kappa shape index (κ2) is 8.55. The van der Waals surface area contributed by atoms with E-state index >= 15 is 0 Å². The van der Waals surface area contributed by atoms with Crippen LogP contribution in [0.15, 0.2) is 11.4 Å². The first-order valence-electron chi connectivity index (χ1n) is 7.82. The van der Waals surface area contributed by atoms with Crippen molar-refractivity contribution in [2.45, 2.75) is 38.8 Å². The molecule has 0 radical (unpaired) electrons. The highest BCUT2D eigenvalue weighted by molar-refractivity contribution is 7.10. The molecule has 0 amide bonds. The van der Waals surface area contributed by atoms with Crippen LogP contribution in [0.1, 0.15) is 36.6 Å². The summed E-state index contributed by atoms with van der Waals surface area (Å²) in [5.74, 6) is 6.09. The Labute approximate surface area is 132 Å². The first-order chi connectivity index (χ1) is 10.2. The van der Waals surface area contributed by atoms with Gasteiger partial charge in [0.25, 0.3) is 0 Å². The number of rotatable bonds is 5. The Balaban J connectivity index is 1.83. The van der Waals surface area contributed by atoms with Crippen molar-refractivity contribution in [2.75, 3.05) is 33.3 Å². The van der Waals surface area contributed by atoms with Gasteiger partial charge >= 0.3 is 0 Å². The van der Waals surface area contributed by atoms with E-state index in [0.717, 1.165) is 12.1 Å². The fraction of sp³-hybridized carbons (Fsp3) is 0.647. The highest BCUT2D eigenvalue weighted by atomic mass is 32.1. The maximum atomic E-state index is 8.74. The molecule has 116 valence electrons. The molecule has 1 aromatic rings. The number of thiophene rings is 1. The first-order valence-corrected chi connectivity index (χ1v) is 8.70. The SMILES string of the molecule is CCN1CCC(N(C)Cc2cc(C#CCCO)cs2)CC1. The zero-order chi connectivity index (χ0) is 15.1. The number of nitrogens with zero attached hydrogens (tertiary/aromatic N) is 2. The van der Waals surface area contributed by atoms with Crippen molar-refractivity contribution >= 4 is 11.3 Å². The van der Waals surface area contributed by atoms with E-state index in [0.29, 0.717) is 12.5 Å². The van der Waals surface area contributed by atoms with Gasteiger partial charge in [0.15, 0.2) is 0 Å². The summed E-state index contributed by atoms with van der Waals surface area (Å²) < 4.78 is 0. The molecule has 0 aliphatic carbocycles. The van der Waals surface area contributed by atoms with Gasteiger partial charge in [0.1, 0.15) is 0 Å². The summed E-state index contributed by atoms with van der Waals surface area (Å²) in [4.78, 5) is 6.40. The lowest BCUT2D eigenvalue weighted by molar-refractivity contribution is 0.128. The number of aliphatic hydroxyl groups is 1. The van der Waals surface area contributed by atoms with E-state index in [1.165, 1.54) is 37.4 Å². The molecular weight excluding hydrogens is 280 g/mol. The molecule has 2 heterocycles. The summed E-state index contributed by atoms with van der Waals surface area (Å²) in [6, 6.07) is 2.89. The van der Waals surface area contributed by atoms with Gasteiger partial charge in [-0.3, -0.25) is 4.90 Å². The van der Waals surface area contributed by atoms with Crippen molar-refractivity contribution in [3.8, 4) is 11.8 Å². The molecule has 21 heavy (non-hydrogen) atoms. The van der Waals surface area contributed by atoms with Crippen LogP contribution in [0.4, 0.5) is 0 Å². The zero-order valence-corrected chi connectivity index (χ0v) is 14.0. The van der Waals surface area contributed by atoms with Crippen LogP contribution in [-0.2, 0) is 6.54 Å². The van der Waals surface area contributed by atoms with E-state index in [4.69, 9.17) is 5.11 Å². The standard InChI is InChI=1S/C17H26N2OS/c1-3-19-9-7-16(8-10-19)18(2)13-17-12-15(14-21-17)6-4-5-11-20/h12,14,16,20H,3,5,7-11,13H2,1-2H3. The van der Waals surface area contributed by atoms with Gasteiger partial charge in [-0.15, -0.1) is 11.3 Å².